The zero-order valence-electron chi connectivity index (χ0n) is 11.1. The Morgan fingerprint density at radius 1 is 1.58 bits per heavy atom. The Bertz CT molecular complexity index is 537. The third-order valence-corrected chi connectivity index (χ3v) is 7.68. The van der Waals surface area contributed by atoms with Gasteiger partial charge < -0.3 is 5.73 Å². The molecule has 0 aromatic carbocycles. The zero-order valence-corrected chi connectivity index (χ0v) is 13.5. The molecule has 1 aromatic heterocycles. The third-order valence-electron chi connectivity index (χ3n) is 3.81. The molecule has 4 nitrogen and oxygen atoms in total. The van der Waals surface area contributed by atoms with E-state index in [1.807, 2.05) is 6.92 Å². The Hall–Kier alpha value is -0.140. The number of sulfonamides is 1. The average molecular weight is 323 g/mol. The van der Waals surface area contributed by atoms with Crippen molar-refractivity contribution in [1.29, 1.82) is 0 Å². The van der Waals surface area contributed by atoms with Gasteiger partial charge in [0.2, 0.25) is 0 Å². The fraction of sp³-hybridized carbons (Fsp3) is 0.667. The smallest absolute Gasteiger partial charge is 0.252 e. The highest BCUT2D eigenvalue weighted by molar-refractivity contribution is 7.91. The van der Waals surface area contributed by atoms with Crippen LogP contribution in [0.5, 0.6) is 0 Å². The number of halogens is 1. The summed E-state index contributed by atoms with van der Waals surface area (Å²) in [6.45, 7) is 5.55. The fourth-order valence-corrected chi connectivity index (χ4v) is 5.70. The van der Waals surface area contributed by atoms with E-state index in [0.29, 0.717) is 34.1 Å². The first-order valence-corrected chi connectivity index (χ1v) is 8.96. The molecule has 1 saturated heterocycles. The SMILES string of the molecule is Cc1cc(S(=O)(=O)N2CCC(C)C(CN)C2)sc1Cl. The third kappa shape index (κ3) is 2.97. The summed E-state index contributed by atoms with van der Waals surface area (Å²) < 4.78 is 27.5. The van der Waals surface area contributed by atoms with Crippen molar-refractivity contribution >= 4 is 33.0 Å². The standard InChI is InChI=1S/C12H19ClN2O2S2/c1-8-3-4-15(7-10(8)6-14)19(16,17)11-5-9(2)12(13)18-11/h5,8,10H,3-4,6-7,14H2,1-2H3. The minimum Gasteiger partial charge on any atom is -0.330 e. The monoisotopic (exact) mass is 322 g/mol. The molecule has 2 atom stereocenters. The van der Waals surface area contributed by atoms with Crippen LogP contribution in [0.2, 0.25) is 4.34 Å². The van der Waals surface area contributed by atoms with E-state index in [0.717, 1.165) is 23.3 Å². The number of rotatable bonds is 3. The highest BCUT2D eigenvalue weighted by Gasteiger charge is 2.34. The van der Waals surface area contributed by atoms with Gasteiger partial charge in [0, 0.05) is 13.1 Å². The summed E-state index contributed by atoms with van der Waals surface area (Å²) in [6, 6.07) is 1.65. The lowest BCUT2D eigenvalue weighted by Crippen LogP contribution is -2.45. The first-order valence-electron chi connectivity index (χ1n) is 6.32. The van der Waals surface area contributed by atoms with Gasteiger partial charge in [0.1, 0.15) is 4.21 Å². The lowest BCUT2D eigenvalue weighted by molar-refractivity contribution is 0.203. The quantitative estimate of drug-likeness (QED) is 0.928. The first-order chi connectivity index (χ1) is 8.86. The zero-order chi connectivity index (χ0) is 14.2. The second-order valence-electron chi connectivity index (χ2n) is 5.15. The van der Waals surface area contributed by atoms with Gasteiger partial charge in [0.25, 0.3) is 10.0 Å². The lowest BCUT2D eigenvalue weighted by Gasteiger charge is -2.35. The van der Waals surface area contributed by atoms with Gasteiger partial charge in [0.05, 0.1) is 4.34 Å². The Labute approximate surface area is 123 Å². The number of nitrogens with two attached hydrogens (primary N) is 1. The van der Waals surface area contributed by atoms with Gasteiger partial charge in [0.15, 0.2) is 0 Å². The van der Waals surface area contributed by atoms with Gasteiger partial charge >= 0.3 is 0 Å². The van der Waals surface area contributed by atoms with E-state index in [1.165, 1.54) is 0 Å². The number of hydrogen-bond acceptors (Lipinski definition) is 4. The molecule has 0 bridgehead atoms. The van der Waals surface area contributed by atoms with Crippen molar-refractivity contribution in [2.45, 2.75) is 24.5 Å². The second kappa shape index (κ2) is 5.69. The van der Waals surface area contributed by atoms with Crippen LogP contribution in [0, 0.1) is 18.8 Å². The molecule has 0 spiro atoms. The van der Waals surface area contributed by atoms with E-state index >= 15 is 0 Å². The number of nitrogens with zero attached hydrogens (tertiary/aromatic N) is 1. The molecule has 0 amide bonds. The van der Waals surface area contributed by atoms with Gasteiger partial charge in [-0.1, -0.05) is 18.5 Å². The van der Waals surface area contributed by atoms with Gasteiger partial charge in [-0.3, -0.25) is 0 Å². The molecule has 0 aliphatic carbocycles. The van der Waals surface area contributed by atoms with Crippen molar-refractivity contribution in [2.75, 3.05) is 19.6 Å². The molecule has 0 saturated carbocycles. The van der Waals surface area contributed by atoms with E-state index in [9.17, 15) is 8.42 Å². The van der Waals surface area contributed by atoms with Crippen molar-refractivity contribution < 1.29 is 8.42 Å². The minimum absolute atomic E-state index is 0.236. The van der Waals surface area contributed by atoms with E-state index in [2.05, 4.69) is 6.92 Å². The fourth-order valence-electron chi connectivity index (χ4n) is 2.33. The number of aryl methyl sites for hydroxylation is 1. The summed E-state index contributed by atoms with van der Waals surface area (Å²) in [7, 11) is -3.42. The van der Waals surface area contributed by atoms with E-state index in [4.69, 9.17) is 17.3 Å². The number of thiophene rings is 1. The summed E-state index contributed by atoms with van der Waals surface area (Å²) in [5.41, 5.74) is 6.54. The molecule has 1 aliphatic heterocycles. The van der Waals surface area contributed by atoms with Gasteiger partial charge in [-0.25, -0.2) is 8.42 Å². The van der Waals surface area contributed by atoms with Crippen molar-refractivity contribution in [2.24, 2.45) is 17.6 Å². The van der Waals surface area contributed by atoms with Crippen LogP contribution in [-0.2, 0) is 10.0 Å². The number of piperidine rings is 1. The summed E-state index contributed by atoms with van der Waals surface area (Å²) in [5.74, 6) is 0.713. The Kier molecular flexibility index (Phi) is 4.57. The van der Waals surface area contributed by atoms with Crippen molar-refractivity contribution in [3.8, 4) is 0 Å². The number of hydrogen-bond donors (Lipinski definition) is 1. The molecule has 2 unspecified atom stereocenters. The maximum Gasteiger partial charge on any atom is 0.252 e. The largest absolute Gasteiger partial charge is 0.330 e. The van der Waals surface area contributed by atoms with Crippen LogP contribution in [0.25, 0.3) is 0 Å². The van der Waals surface area contributed by atoms with Crippen LogP contribution in [0.15, 0.2) is 10.3 Å². The molecule has 19 heavy (non-hydrogen) atoms. The van der Waals surface area contributed by atoms with Crippen LogP contribution in [0.3, 0.4) is 0 Å². The normalized spacial score (nSPS) is 25.7. The van der Waals surface area contributed by atoms with Gasteiger partial charge in [-0.15, -0.1) is 11.3 Å². The predicted molar refractivity (Wildman–Crippen MR) is 79.2 cm³/mol. The molecule has 2 rings (SSSR count). The topological polar surface area (TPSA) is 63.4 Å². The Morgan fingerprint density at radius 2 is 2.26 bits per heavy atom. The molecule has 0 radical (unpaired) electrons. The van der Waals surface area contributed by atoms with Gasteiger partial charge in [-0.2, -0.15) is 4.31 Å². The van der Waals surface area contributed by atoms with Crippen LogP contribution in [0.1, 0.15) is 18.9 Å². The maximum absolute atomic E-state index is 12.6. The van der Waals surface area contributed by atoms with Crippen molar-refractivity contribution in [1.82, 2.24) is 4.31 Å². The van der Waals surface area contributed by atoms with E-state index in [-0.39, 0.29) is 5.92 Å². The predicted octanol–water partition coefficient (Wildman–Crippen LogP) is 2.32. The van der Waals surface area contributed by atoms with Crippen molar-refractivity contribution in [3.05, 3.63) is 16.0 Å². The molecule has 1 aliphatic rings. The average Bonchev–Trinajstić information content (AvgIpc) is 2.70. The first kappa shape index (κ1) is 15.3. The van der Waals surface area contributed by atoms with Gasteiger partial charge in [-0.05, 0) is 43.4 Å². The van der Waals surface area contributed by atoms with E-state index < -0.39 is 10.0 Å². The van der Waals surface area contributed by atoms with Crippen molar-refractivity contribution in [3.63, 3.8) is 0 Å². The maximum atomic E-state index is 12.6. The second-order valence-corrected chi connectivity index (χ2v) is 8.97. The summed E-state index contributed by atoms with van der Waals surface area (Å²) in [6.07, 6.45) is 0.860. The molecule has 1 fully saturated rings. The highest BCUT2D eigenvalue weighted by Crippen LogP contribution is 2.34. The van der Waals surface area contributed by atoms with Crippen LogP contribution < -0.4 is 5.73 Å². The molecular formula is C12H19ClN2O2S2. The molecule has 2 N–H and O–H groups in total. The molecule has 1 aromatic rings. The highest BCUT2D eigenvalue weighted by atomic mass is 35.5. The molecule has 7 heteroatoms. The Balaban J connectivity index is 2.25. The molecular weight excluding hydrogens is 304 g/mol. The van der Waals surface area contributed by atoms with E-state index in [1.54, 1.807) is 10.4 Å². The summed E-state index contributed by atoms with van der Waals surface area (Å²) in [5, 5.41) is 0. The van der Waals surface area contributed by atoms with Crippen LogP contribution >= 0.6 is 22.9 Å². The van der Waals surface area contributed by atoms with Crippen LogP contribution in [0.4, 0.5) is 0 Å². The minimum atomic E-state index is -3.42. The lowest BCUT2D eigenvalue weighted by atomic mass is 9.88. The summed E-state index contributed by atoms with van der Waals surface area (Å²) >= 11 is 7.10. The Morgan fingerprint density at radius 3 is 2.79 bits per heavy atom. The summed E-state index contributed by atoms with van der Waals surface area (Å²) in [4.78, 5) is 0. The molecule has 108 valence electrons. The van der Waals surface area contributed by atoms with Crippen LogP contribution in [-0.4, -0.2) is 32.4 Å². The molecule has 2 heterocycles.